The molecule has 0 spiro atoms. The smallest absolute Gasteiger partial charge is 0.200 e. The maximum atomic E-state index is 12.5. The van der Waals surface area contributed by atoms with Crippen LogP contribution in [0.15, 0.2) is 23.4 Å². The largest absolute Gasteiger partial charge is 0.366 e. The van der Waals surface area contributed by atoms with Gasteiger partial charge in [0.2, 0.25) is 0 Å². The minimum atomic E-state index is -3.42. The number of pyridine rings is 1. The molecule has 0 amide bonds. The highest BCUT2D eigenvalue weighted by atomic mass is 32.2. The molecule has 0 unspecified atom stereocenters. The van der Waals surface area contributed by atoms with Crippen molar-refractivity contribution in [2.24, 2.45) is 0 Å². The lowest BCUT2D eigenvalue weighted by Gasteiger charge is -2.48. The second kappa shape index (κ2) is 5.45. The Morgan fingerprint density at radius 2 is 1.61 bits per heavy atom. The number of hydrogen-bond acceptors (Lipinski definition) is 5. The van der Waals surface area contributed by atoms with Gasteiger partial charge in [0.05, 0.1) is 27.8 Å². The predicted molar refractivity (Wildman–Crippen MR) is 92.6 cm³/mol. The van der Waals surface area contributed by atoms with Crippen molar-refractivity contribution in [1.82, 2.24) is 4.98 Å². The van der Waals surface area contributed by atoms with E-state index in [1.54, 1.807) is 33.0 Å². The first-order valence-corrected chi connectivity index (χ1v) is 9.38. The molecule has 0 aromatic carbocycles. The second-order valence-corrected chi connectivity index (χ2v) is 11.1. The molecule has 5 nitrogen and oxygen atoms in total. The van der Waals surface area contributed by atoms with Crippen LogP contribution in [0.2, 0.25) is 0 Å². The molecule has 130 valence electrons. The lowest BCUT2D eigenvalue weighted by Crippen LogP contribution is -2.57. The van der Waals surface area contributed by atoms with E-state index in [1.165, 1.54) is 0 Å². The van der Waals surface area contributed by atoms with E-state index in [0.29, 0.717) is 0 Å². The Labute approximate surface area is 140 Å². The first-order valence-electron chi connectivity index (χ1n) is 7.89. The molecule has 1 aromatic heterocycles. The molecule has 1 fully saturated rings. The third kappa shape index (κ3) is 3.86. The van der Waals surface area contributed by atoms with E-state index in [1.807, 2.05) is 6.07 Å². The molecular formula is C17H28N2O3S. The number of aromatic nitrogens is 1. The van der Waals surface area contributed by atoms with Crippen LogP contribution in [0, 0.1) is 0 Å². The topological polar surface area (TPSA) is 59.5 Å². The van der Waals surface area contributed by atoms with Gasteiger partial charge in [-0.3, -0.25) is 0 Å². The van der Waals surface area contributed by atoms with Crippen molar-refractivity contribution in [3.63, 3.8) is 0 Å². The van der Waals surface area contributed by atoms with Crippen LogP contribution in [0.4, 0.5) is 5.69 Å². The Morgan fingerprint density at radius 3 is 2.00 bits per heavy atom. The highest BCUT2D eigenvalue weighted by molar-refractivity contribution is 7.92. The Balaban J connectivity index is 2.30. The van der Waals surface area contributed by atoms with Crippen LogP contribution in [-0.2, 0) is 14.6 Å². The molecule has 0 aliphatic carbocycles. The Kier molecular flexibility index (Phi) is 4.31. The minimum Gasteiger partial charge on any atom is -0.366 e. The summed E-state index contributed by atoms with van der Waals surface area (Å²) in [5, 5.41) is 0.125. The first kappa shape index (κ1) is 18.2. The third-order valence-electron chi connectivity index (χ3n) is 3.86. The van der Waals surface area contributed by atoms with E-state index in [4.69, 9.17) is 4.74 Å². The molecule has 1 aromatic rings. The average molecular weight is 340 g/mol. The number of rotatable bonds is 2. The van der Waals surface area contributed by atoms with Crippen LogP contribution in [0.25, 0.3) is 0 Å². The zero-order chi connectivity index (χ0) is 17.7. The van der Waals surface area contributed by atoms with Crippen molar-refractivity contribution in [3.8, 4) is 0 Å². The summed E-state index contributed by atoms with van der Waals surface area (Å²) < 4.78 is 30.1. The molecule has 1 aliphatic rings. The molecule has 0 saturated carbocycles. The van der Waals surface area contributed by atoms with Crippen molar-refractivity contribution in [3.05, 3.63) is 18.3 Å². The van der Waals surface area contributed by atoms with Crippen LogP contribution in [0.5, 0.6) is 0 Å². The Morgan fingerprint density at radius 1 is 1.09 bits per heavy atom. The standard InChI is InChI=1S/C17H28N2O3S/c1-15(2,3)23(20,21)14-9-8-13(10-18-14)19-11-16(4,5)22-17(6,7)12-19/h8-10H,11-12H2,1-7H3. The highest BCUT2D eigenvalue weighted by Gasteiger charge is 2.38. The van der Waals surface area contributed by atoms with Gasteiger partial charge in [0.25, 0.3) is 0 Å². The number of ether oxygens (including phenoxy) is 1. The molecule has 0 N–H and O–H groups in total. The molecule has 2 heterocycles. The van der Waals surface area contributed by atoms with Gasteiger partial charge < -0.3 is 9.64 Å². The van der Waals surface area contributed by atoms with Crippen molar-refractivity contribution in [2.45, 2.75) is 69.4 Å². The molecular weight excluding hydrogens is 312 g/mol. The molecule has 0 radical (unpaired) electrons. The number of hydrogen-bond donors (Lipinski definition) is 0. The third-order valence-corrected chi connectivity index (χ3v) is 6.27. The fourth-order valence-electron chi connectivity index (χ4n) is 3.00. The van der Waals surface area contributed by atoms with E-state index < -0.39 is 14.6 Å². The number of sulfone groups is 1. The summed E-state index contributed by atoms with van der Waals surface area (Å²) in [7, 11) is -3.42. The monoisotopic (exact) mass is 340 g/mol. The lowest BCUT2D eigenvalue weighted by molar-refractivity contribution is -0.133. The summed E-state index contributed by atoms with van der Waals surface area (Å²) >= 11 is 0. The van der Waals surface area contributed by atoms with Gasteiger partial charge in [0.15, 0.2) is 14.9 Å². The number of morpholine rings is 1. The highest BCUT2D eigenvalue weighted by Crippen LogP contribution is 2.32. The summed E-state index contributed by atoms with van der Waals surface area (Å²) in [5.41, 5.74) is 0.387. The number of anilines is 1. The summed E-state index contributed by atoms with van der Waals surface area (Å²) in [5.74, 6) is 0. The summed E-state index contributed by atoms with van der Waals surface area (Å²) in [6.45, 7) is 14.8. The van der Waals surface area contributed by atoms with Gasteiger partial charge in [0, 0.05) is 13.1 Å². The van der Waals surface area contributed by atoms with Crippen molar-refractivity contribution >= 4 is 15.5 Å². The maximum absolute atomic E-state index is 12.5. The zero-order valence-corrected chi connectivity index (χ0v) is 16.0. The minimum absolute atomic E-state index is 0.125. The van der Waals surface area contributed by atoms with Gasteiger partial charge in [0.1, 0.15) is 0 Å². The van der Waals surface area contributed by atoms with Gasteiger partial charge in [-0.05, 0) is 60.6 Å². The molecule has 2 rings (SSSR count). The summed E-state index contributed by atoms with van der Waals surface area (Å²) in [4.78, 5) is 6.42. The van der Waals surface area contributed by atoms with E-state index in [0.717, 1.165) is 18.8 Å². The van der Waals surface area contributed by atoms with Crippen LogP contribution < -0.4 is 4.90 Å². The Bertz CT molecular complexity index is 655. The molecule has 0 bridgehead atoms. The number of nitrogens with zero attached hydrogens (tertiary/aromatic N) is 2. The molecule has 0 atom stereocenters. The van der Waals surface area contributed by atoms with Crippen LogP contribution in [0.3, 0.4) is 0 Å². The van der Waals surface area contributed by atoms with E-state index >= 15 is 0 Å². The van der Waals surface area contributed by atoms with Crippen LogP contribution in [0.1, 0.15) is 48.5 Å². The predicted octanol–water partition coefficient (Wildman–Crippen LogP) is 3.05. The zero-order valence-electron chi connectivity index (χ0n) is 15.2. The Hall–Kier alpha value is -1.14. The van der Waals surface area contributed by atoms with E-state index in [9.17, 15) is 8.42 Å². The fraction of sp³-hybridized carbons (Fsp3) is 0.706. The van der Waals surface area contributed by atoms with Gasteiger partial charge in [-0.2, -0.15) is 0 Å². The van der Waals surface area contributed by atoms with Gasteiger partial charge >= 0.3 is 0 Å². The normalized spacial score (nSPS) is 21.3. The molecule has 1 aliphatic heterocycles. The summed E-state index contributed by atoms with van der Waals surface area (Å²) in [6.07, 6.45) is 1.65. The van der Waals surface area contributed by atoms with E-state index in [2.05, 4.69) is 37.6 Å². The van der Waals surface area contributed by atoms with Gasteiger partial charge in [-0.1, -0.05) is 0 Å². The average Bonchev–Trinajstić information content (AvgIpc) is 2.34. The van der Waals surface area contributed by atoms with E-state index in [-0.39, 0.29) is 16.2 Å². The quantitative estimate of drug-likeness (QED) is 0.828. The van der Waals surface area contributed by atoms with Gasteiger partial charge in [-0.15, -0.1) is 0 Å². The molecule has 1 saturated heterocycles. The van der Waals surface area contributed by atoms with Crippen LogP contribution >= 0.6 is 0 Å². The van der Waals surface area contributed by atoms with Crippen molar-refractivity contribution in [1.29, 1.82) is 0 Å². The molecule has 23 heavy (non-hydrogen) atoms. The lowest BCUT2D eigenvalue weighted by atomic mass is 9.98. The SMILES string of the molecule is CC1(C)CN(c2ccc(S(=O)(=O)C(C)(C)C)nc2)CC(C)(C)O1. The van der Waals surface area contributed by atoms with Crippen molar-refractivity contribution < 1.29 is 13.2 Å². The molecule has 6 heteroatoms. The maximum Gasteiger partial charge on any atom is 0.200 e. The van der Waals surface area contributed by atoms with Crippen molar-refractivity contribution in [2.75, 3.05) is 18.0 Å². The van der Waals surface area contributed by atoms with Crippen LogP contribution in [-0.4, -0.2) is 42.4 Å². The van der Waals surface area contributed by atoms with Gasteiger partial charge in [-0.25, -0.2) is 13.4 Å². The second-order valence-electron chi connectivity index (χ2n) is 8.45. The summed E-state index contributed by atoms with van der Waals surface area (Å²) in [6, 6.07) is 3.44. The fourth-order valence-corrected chi connectivity index (χ4v) is 4.07. The first-order chi connectivity index (χ1) is 10.2.